The number of nitrogens with zero attached hydrogens (tertiary/aromatic N) is 1. The molecule has 3 aliphatic rings. The highest BCUT2D eigenvalue weighted by atomic mass is 35.5. The number of hydrogen-bond donors (Lipinski definition) is 3. The first-order valence-electron chi connectivity index (χ1n) is 10.5. The highest BCUT2D eigenvalue weighted by Crippen LogP contribution is 2.47. The predicted molar refractivity (Wildman–Crippen MR) is 116 cm³/mol. The van der Waals surface area contributed by atoms with Gasteiger partial charge >= 0.3 is 0 Å². The number of aliphatic hydroxyl groups is 1. The Morgan fingerprint density at radius 3 is 2.59 bits per heavy atom. The molecule has 3 fully saturated rings. The molecule has 0 radical (unpaired) electrons. The number of carbonyl (C=O) groups is 2. The number of hydrogen-bond acceptors (Lipinski definition) is 5. The number of aliphatic hydroxyl groups excluding tert-OH is 1. The Morgan fingerprint density at radius 2 is 1.97 bits per heavy atom. The zero-order valence-electron chi connectivity index (χ0n) is 17.7. The zero-order valence-corrected chi connectivity index (χ0v) is 18.4. The molecule has 3 aliphatic carbocycles. The Bertz CT molecular complexity index is 1020. The molecule has 0 spiro atoms. The van der Waals surface area contributed by atoms with E-state index in [9.17, 15) is 19.1 Å². The standard InChI is InChI=1S/C23H25ClFN3O4/c1-14-2-3-15(12-26-14)21(31)28-23-8-6-22(7-9-23,11-19(23)29)27-20(30)13-32-16-4-5-17(24)18(25)10-16/h2-5,10,12,19,29H,6-9,11,13H2,1H3,(H,27,30)(H,28,31). The predicted octanol–water partition coefficient (Wildman–Crippen LogP) is 2.92. The third-order valence-corrected chi connectivity index (χ3v) is 6.83. The van der Waals surface area contributed by atoms with Gasteiger partial charge in [-0.05, 0) is 63.3 Å². The summed E-state index contributed by atoms with van der Waals surface area (Å²) in [7, 11) is 0. The van der Waals surface area contributed by atoms with Gasteiger partial charge in [-0.15, -0.1) is 0 Å². The zero-order chi connectivity index (χ0) is 22.9. The second kappa shape index (κ2) is 8.67. The van der Waals surface area contributed by atoms with Crippen molar-refractivity contribution in [2.24, 2.45) is 0 Å². The first-order chi connectivity index (χ1) is 15.2. The third-order valence-electron chi connectivity index (χ3n) is 6.52. The summed E-state index contributed by atoms with van der Waals surface area (Å²) in [6.45, 7) is 1.57. The lowest BCUT2D eigenvalue weighted by atomic mass is 9.60. The molecule has 32 heavy (non-hydrogen) atoms. The van der Waals surface area contributed by atoms with E-state index in [0.29, 0.717) is 37.7 Å². The number of benzene rings is 1. The molecular formula is C23H25ClFN3O4. The third kappa shape index (κ3) is 4.56. The number of rotatable bonds is 6. The topological polar surface area (TPSA) is 101 Å². The molecule has 1 atom stereocenters. The lowest BCUT2D eigenvalue weighted by molar-refractivity contribution is -0.129. The Hall–Kier alpha value is -2.71. The summed E-state index contributed by atoms with van der Waals surface area (Å²) < 4.78 is 18.9. The van der Waals surface area contributed by atoms with Crippen LogP contribution in [0.1, 0.15) is 48.2 Å². The summed E-state index contributed by atoms with van der Waals surface area (Å²) in [6, 6.07) is 7.46. The van der Waals surface area contributed by atoms with E-state index in [0.717, 1.165) is 11.8 Å². The summed E-state index contributed by atoms with van der Waals surface area (Å²) in [4.78, 5) is 29.3. The van der Waals surface area contributed by atoms with E-state index in [-0.39, 0.29) is 29.2 Å². The minimum absolute atomic E-state index is 0.0201. The van der Waals surface area contributed by atoms with Crippen molar-refractivity contribution in [1.82, 2.24) is 15.6 Å². The second-order valence-corrected chi connectivity index (χ2v) is 9.12. The van der Waals surface area contributed by atoms with Gasteiger partial charge in [0.05, 0.1) is 22.2 Å². The molecule has 2 bridgehead atoms. The molecule has 5 rings (SSSR count). The largest absolute Gasteiger partial charge is 0.484 e. The maximum atomic E-state index is 13.5. The average Bonchev–Trinajstić information content (AvgIpc) is 2.76. The van der Waals surface area contributed by atoms with Crippen LogP contribution in [0.25, 0.3) is 0 Å². The highest BCUT2D eigenvalue weighted by molar-refractivity contribution is 6.30. The summed E-state index contributed by atoms with van der Waals surface area (Å²) in [5, 5.41) is 16.9. The number of amides is 2. The number of pyridine rings is 1. The van der Waals surface area contributed by atoms with Crippen LogP contribution in [0.5, 0.6) is 5.75 Å². The molecule has 1 unspecified atom stereocenters. The van der Waals surface area contributed by atoms with Crippen molar-refractivity contribution in [3.05, 3.63) is 58.6 Å². The van der Waals surface area contributed by atoms with Gasteiger partial charge in [0, 0.05) is 23.5 Å². The fraction of sp³-hybridized carbons (Fsp3) is 0.435. The fourth-order valence-electron chi connectivity index (χ4n) is 4.61. The summed E-state index contributed by atoms with van der Waals surface area (Å²) in [6.07, 6.45) is 3.40. The van der Waals surface area contributed by atoms with E-state index in [1.807, 2.05) is 6.92 Å². The smallest absolute Gasteiger partial charge is 0.258 e. The minimum atomic E-state index is -0.793. The van der Waals surface area contributed by atoms with Gasteiger partial charge < -0.3 is 20.5 Å². The van der Waals surface area contributed by atoms with Crippen LogP contribution >= 0.6 is 11.6 Å². The van der Waals surface area contributed by atoms with Crippen LogP contribution in [0.2, 0.25) is 5.02 Å². The Morgan fingerprint density at radius 1 is 1.22 bits per heavy atom. The van der Waals surface area contributed by atoms with E-state index < -0.39 is 23.0 Å². The van der Waals surface area contributed by atoms with E-state index >= 15 is 0 Å². The van der Waals surface area contributed by atoms with E-state index in [1.54, 1.807) is 12.1 Å². The van der Waals surface area contributed by atoms with Gasteiger partial charge in [0.15, 0.2) is 6.61 Å². The molecule has 170 valence electrons. The molecular weight excluding hydrogens is 437 g/mol. The van der Waals surface area contributed by atoms with Crippen molar-refractivity contribution in [1.29, 1.82) is 0 Å². The Kier molecular flexibility index (Phi) is 6.09. The van der Waals surface area contributed by atoms with Gasteiger partial charge in [-0.2, -0.15) is 0 Å². The lowest BCUT2D eigenvalue weighted by Gasteiger charge is -2.56. The number of fused-ring (bicyclic) bond motifs is 3. The number of aryl methyl sites for hydroxylation is 1. The van der Waals surface area contributed by atoms with Crippen LogP contribution in [-0.2, 0) is 4.79 Å². The quantitative estimate of drug-likeness (QED) is 0.614. The molecule has 1 aromatic carbocycles. The molecule has 1 aromatic heterocycles. The maximum Gasteiger partial charge on any atom is 0.258 e. The summed E-state index contributed by atoms with van der Waals surface area (Å²) >= 11 is 5.65. The van der Waals surface area contributed by atoms with Gasteiger partial charge in [0.2, 0.25) is 0 Å². The van der Waals surface area contributed by atoms with Gasteiger partial charge in [-0.1, -0.05) is 11.6 Å². The van der Waals surface area contributed by atoms with Crippen molar-refractivity contribution < 1.29 is 23.8 Å². The highest BCUT2D eigenvalue weighted by Gasteiger charge is 2.55. The number of nitrogens with one attached hydrogen (secondary N) is 2. The first kappa shape index (κ1) is 22.5. The number of ether oxygens (including phenoxy) is 1. The summed E-state index contributed by atoms with van der Waals surface area (Å²) in [5.74, 6) is -1.03. The molecule has 2 aromatic rings. The van der Waals surface area contributed by atoms with Crippen molar-refractivity contribution >= 4 is 23.4 Å². The van der Waals surface area contributed by atoms with E-state index in [1.165, 1.54) is 18.3 Å². The van der Waals surface area contributed by atoms with Gasteiger partial charge in [0.1, 0.15) is 11.6 Å². The fourth-order valence-corrected chi connectivity index (χ4v) is 4.73. The van der Waals surface area contributed by atoms with Crippen LogP contribution in [0.15, 0.2) is 36.5 Å². The SMILES string of the molecule is Cc1ccc(C(=O)NC23CCC(NC(=O)COc4ccc(Cl)c(F)c4)(CC2)CC3O)cn1. The number of aromatic nitrogens is 1. The molecule has 1 heterocycles. The van der Waals surface area contributed by atoms with Crippen LogP contribution in [0, 0.1) is 12.7 Å². The Balaban J connectivity index is 1.34. The molecule has 0 saturated heterocycles. The van der Waals surface area contributed by atoms with Gasteiger partial charge in [-0.3, -0.25) is 14.6 Å². The van der Waals surface area contributed by atoms with Crippen LogP contribution in [0.4, 0.5) is 4.39 Å². The van der Waals surface area contributed by atoms with Crippen LogP contribution in [0.3, 0.4) is 0 Å². The lowest BCUT2D eigenvalue weighted by Crippen LogP contribution is -2.70. The van der Waals surface area contributed by atoms with Crippen molar-refractivity contribution in [3.63, 3.8) is 0 Å². The molecule has 2 amide bonds. The number of halogens is 2. The Labute approximate surface area is 190 Å². The molecule has 7 nitrogen and oxygen atoms in total. The van der Waals surface area contributed by atoms with Crippen LogP contribution in [-0.4, -0.2) is 45.7 Å². The second-order valence-electron chi connectivity index (χ2n) is 8.71. The van der Waals surface area contributed by atoms with Gasteiger partial charge in [-0.25, -0.2) is 4.39 Å². The summed E-state index contributed by atoms with van der Waals surface area (Å²) in [5.41, 5.74) is -0.00105. The average molecular weight is 462 g/mol. The molecule has 0 aliphatic heterocycles. The number of carbonyl (C=O) groups excluding carboxylic acids is 2. The molecule has 3 saturated carbocycles. The van der Waals surface area contributed by atoms with Crippen molar-refractivity contribution in [2.75, 3.05) is 6.61 Å². The van der Waals surface area contributed by atoms with Crippen molar-refractivity contribution in [2.45, 2.75) is 56.2 Å². The van der Waals surface area contributed by atoms with Crippen LogP contribution < -0.4 is 15.4 Å². The monoisotopic (exact) mass is 461 g/mol. The van der Waals surface area contributed by atoms with E-state index in [2.05, 4.69) is 15.6 Å². The normalized spacial score (nSPS) is 26.4. The van der Waals surface area contributed by atoms with Gasteiger partial charge in [0.25, 0.3) is 11.8 Å². The first-order valence-corrected chi connectivity index (χ1v) is 10.9. The maximum absolute atomic E-state index is 13.5. The van der Waals surface area contributed by atoms with Crippen molar-refractivity contribution in [3.8, 4) is 5.75 Å². The molecule has 9 heteroatoms. The van der Waals surface area contributed by atoms with E-state index in [4.69, 9.17) is 16.3 Å². The minimum Gasteiger partial charge on any atom is -0.484 e. The molecule has 3 N–H and O–H groups in total.